The van der Waals surface area contributed by atoms with Crippen LogP contribution in [0, 0.1) is 0 Å². The van der Waals surface area contributed by atoms with E-state index in [9.17, 15) is 26.3 Å². The third kappa shape index (κ3) is 5.81. The van der Waals surface area contributed by atoms with Gasteiger partial charge in [0.25, 0.3) is 0 Å². The van der Waals surface area contributed by atoms with Gasteiger partial charge in [0.15, 0.2) is 5.82 Å². The Bertz CT molecular complexity index is 1050. The van der Waals surface area contributed by atoms with Crippen LogP contribution in [0.1, 0.15) is 24.7 Å². The second-order valence-electron chi connectivity index (χ2n) is 4.69. The summed E-state index contributed by atoms with van der Waals surface area (Å²) in [6.45, 7) is -7.80. The zero-order chi connectivity index (χ0) is 27.2. The number of rotatable bonds is 5. The quantitative estimate of drug-likeness (QED) is 0.552. The van der Waals surface area contributed by atoms with Crippen LogP contribution in [-0.2, 0) is 0 Å². The van der Waals surface area contributed by atoms with Gasteiger partial charge in [0.1, 0.15) is 22.9 Å². The fraction of sp³-hybridized carbons (Fsp3) is 0.429. The summed E-state index contributed by atoms with van der Waals surface area (Å²) in [6, 6.07) is -6.01. The molecular weight excluding hydrogens is 402 g/mol. The highest BCUT2D eigenvalue weighted by atomic mass is 35.5. The number of hydrogen-bond donors (Lipinski definition) is 2. The molecule has 0 aliphatic heterocycles. The Kier molecular flexibility index (Phi) is 3.47. The molecule has 0 fully saturated rings. The number of halogens is 7. The minimum Gasteiger partial charge on any atom is -0.343 e. The van der Waals surface area contributed by atoms with Crippen molar-refractivity contribution in [2.24, 2.45) is 0 Å². The van der Waals surface area contributed by atoms with Crippen molar-refractivity contribution < 1.29 is 37.3 Å². The summed E-state index contributed by atoms with van der Waals surface area (Å²) < 4.78 is 138. The summed E-state index contributed by atoms with van der Waals surface area (Å²) in [5.41, 5.74) is -0.409. The minimum atomic E-state index is -5.76. The molecule has 0 spiro atoms. The minimum absolute atomic E-state index is 0.314. The van der Waals surface area contributed by atoms with Crippen LogP contribution in [0.25, 0.3) is 11.5 Å². The van der Waals surface area contributed by atoms with Gasteiger partial charge in [-0.25, -0.2) is 4.98 Å². The Morgan fingerprint density at radius 1 is 1.04 bits per heavy atom. The van der Waals surface area contributed by atoms with Crippen molar-refractivity contribution >= 4 is 23.5 Å². The highest BCUT2D eigenvalue weighted by Crippen LogP contribution is 2.26. The summed E-state index contributed by atoms with van der Waals surface area (Å²) in [5.74, 6) is -3.37. The monoisotopic (exact) mass is 422 g/mol. The lowest BCUT2D eigenvalue weighted by molar-refractivity contribution is -0.139. The Morgan fingerprint density at radius 3 is 2.22 bits per heavy atom. The molecule has 0 aliphatic rings. The molecule has 27 heavy (non-hydrogen) atoms. The molecule has 13 heteroatoms. The fourth-order valence-electron chi connectivity index (χ4n) is 1.49. The standard InChI is InChI=1S/C14H13ClF6N6/c1-6(13(16,17)18)22-11-25-10(8-4-3-5-9(15)24-8)26-12(27-11)23-7(2)14(19,20)21/h3-7H,1-2H3,(H2,22,23,25,26,27)/t6-,7-/m1/s1/i1D3,2D3,5D,6D. The molecule has 0 saturated carbocycles. The Balaban J connectivity index is 2.71. The Morgan fingerprint density at radius 2 is 1.70 bits per heavy atom. The molecular formula is C14H13ClF6N6. The van der Waals surface area contributed by atoms with Gasteiger partial charge in [0.2, 0.25) is 11.9 Å². The van der Waals surface area contributed by atoms with E-state index in [1.807, 2.05) is 0 Å². The smallest absolute Gasteiger partial charge is 0.343 e. The van der Waals surface area contributed by atoms with Gasteiger partial charge in [0.05, 0.1) is 2.74 Å². The van der Waals surface area contributed by atoms with Crippen LogP contribution in [0.15, 0.2) is 18.2 Å². The van der Waals surface area contributed by atoms with E-state index in [0.29, 0.717) is 0 Å². The molecule has 0 bridgehead atoms. The lowest BCUT2D eigenvalue weighted by Crippen LogP contribution is -2.35. The molecule has 0 unspecified atom stereocenters. The van der Waals surface area contributed by atoms with E-state index in [0.717, 1.165) is 12.1 Å². The number of pyridine rings is 1. The first-order valence-corrected chi connectivity index (χ1v) is 7.02. The fourth-order valence-corrected chi connectivity index (χ4v) is 1.65. The normalized spacial score (nSPS) is 21.0. The van der Waals surface area contributed by atoms with Crippen molar-refractivity contribution in [3.05, 3.63) is 23.3 Å². The molecule has 0 aliphatic carbocycles. The zero-order valence-electron chi connectivity index (χ0n) is 20.7. The summed E-state index contributed by atoms with van der Waals surface area (Å²) in [5, 5.41) is 2.19. The molecule has 0 aromatic carbocycles. The van der Waals surface area contributed by atoms with Crippen LogP contribution < -0.4 is 10.6 Å². The second-order valence-corrected chi connectivity index (χ2v) is 5.05. The second kappa shape index (κ2) is 7.71. The first-order chi connectivity index (χ1) is 15.6. The van der Waals surface area contributed by atoms with Gasteiger partial charge in [-0.1, -0.05) is 17.7 Å². The van der Waals surface area contributed by atoms with Crippen molar-refractivity contribution in [3.8, 4) is 11.5 Å². The predicted molar refractivity (Wildman–Crippen MR) is 86.3 cm³/mol. The van der Waals surface area contributed by atoms with Crippen LogP contribution in [0.2, 0.25) is 5.15 Å². The van der Waals surface area contributed by atoms with Crippen LogP contribution in [-0.4, -0.2) is 44.3 Å². The number of nitrogens with zero attached hydrogens (tertiary/aromatic N) is 4. The van der Waals surface area contributed by atoms with Crippen LogP contribution >= 0.6 is 11.6 Å². The lowest BCUT2D eigenvalue weighted by Gasteiger charge is -2.20. The van der Waals surface area contributed by atoms with Crippen LogP contribution in [0.4, 0.5) is 38.2 Å². The lowest BCUT2D eigenvalue weighted by atomic mass is 10.3. The van der Waals surface area contributed by atoms with Gasteiger partial charge >= 0.3 is 12.4 Å². The average molecular weight is 423 g/mol. The van der Waals surface area contributed by atoms with Gasteiger partial charge in [-0.05, 0) is 25.8 Å². The summed E-state index contributed by atoms with van der Waals surface area (Å²) in [7, 11) is 0. The van der Waals surface area contributed by atoms with E-state index in [1.54, 1.807) is 0 Å². The van der Waals surface area contributed by atoms with Gasteiger partial charge in [-0.15, -0.1) is 0 Å². The maximum atomic E-state index is 13.5. The average Bonchev–Trinajstić information content (AvgIpc) is 2.64. The van der Waals surface area contributed by atoms with Gasteiger partial charge in [-0.3, -0.25) is 0 Å². The summed E-state index contributed by atoms with van der Waals surface area (Å²) in [4.78, 5) is 13.8. The Hall–Kier alpha value is -2.37. The van der Waals surface area contributed by atoms with Gasteiger partial charge < -0.3 is 10.6 Å². The number of nitrogens with one attached hydrogen (secondary N) is 2. The molecule has 148 valence electrons. The van der Waals surface area contributed by atoms with Gasteiger partial charge in [-0.2, -0.15) is 41.3 Å². The molecule has 2 rings (SSSR count). The molecule has 0 radical (unpaired) electrons. The molecule has 0 saturated heterocycles. The van der Waals surface area contributed by atoms with E-state index in [2.05, 4.69) is 19.9 Å². The summed E-state index contributed by atoms with van der Waals surface area (Å²) in [6.07, 6.45) is -11.2. The van der Waals surface area contributed by atoms with Crippen molar-refractivity contribution in [3.63, 3.8) is 0 Å². The van der Waals surface area contributed by atoms with Gasteiger partial charge in [0, 0.05) is 8.22 Å². The molecule has 2 atom stereocenters. The number of aromatic nitrogens is 4. The maximum absolute atomic E-state index is 13.5. The van der Waals surface area contributed by atoms with E-state index in [1.165, 1.54) is 10.6 Å². The third-order valence-corrected chi connectivity index (χ3v) is 2.84. The topological polar surface area (TPSA) is 75.6 Å². The predicted octanol–water partition coefficient (Wildman–Crippen LogP) is 4.31. The van der Waals surface area contributed by atoms with Crippen molar-refractivity contribution in [1.29, 1.82) is 0 Å². The van der Waals surface area contributed by atoms with E-state index >= 15 is 0 Å². The number of hydrogen-bond acceptors (Lipinski definition) is 6. The third-order valence-electron chi connectivity index (χ3n) is 2.65. The SMILES string of the molecule is [2H]c1ccc(-c2nc(N[C@H](C([2H])([2H])[2H])C(F)(F)F)nc(N[C@]([2H])(C([2H])([2H])[2H])C(F)(F)F)n2)nc1Cl. The largest absolute Gasteiger partial charge is 0.408 e. The van der Waals surface area contributed by atoms with E-state index in [4.69, 9.17) is 22.6 Å². The van der Waals surface area contributed by atoms with E-state index in [-0.39, 0.29) is 6.04 Å². The summed E-state index contributed by atoms with van der Waals surface area (Å²) >= 11 is 5.70. The molecule has 2 aromatic heterocycles. The zero-order valence-corrected chi connectivity index (χ0v) is 13.4. The van der Waals surface area contributed by atoms with Crippen molar-refractivity contribution in [2.45, 2.75) is 38.1 Å². The first-order valence-electron chi connectivity index (χ1n) is 10.6. The molecule has 6 nitrogen and oxygen atoms in total. The maximum Gasteiger partial charge on any atom is 0.408 e. The highest BCUT2D eigenvalue weighted by molar-refractivity contribution is 6.29. The highest BCUT2D eigenvalue weighted by Gasteiger charge is 2.38. The molecule has 2 aromatic rings. The van der Waals surface area contributed by atoms with Crippen LogP contribution in [0.5, 0.6) is 0 Å². The number of anilines is 2. The van der Waals surface area contributed by atoms with Crippen molar-refractivity contribution in [2.75, 3.05) is 10.6 Å². The number of alkyl halides is 6. The van der Waals surface area contributed by atoms with E-state index < -0.39 is 66.7 Å². The van der Waals surface area contributed by atoms with Crippen LogP contribution in [0.3, 0.4) is 0 Å². The van der Waals surface area contributed by atoms with Crippen molar-refractivity contribution in [1.82, 2.24) is 19.9 Å². The molecule has 0 amide bonds. The Labute approximate surface area is 165 Å². The first kappa shape index (κ1) is 12.2. The molecule has 2 heterocycles. The molecule has 2 N–H and O–H groups in total.